The van der Waals surface area contributed by atoms with Crippen molar-refractivity contribution in [3.05, 3.63) is 83.8 Å². The predicted octanol–water partition coefficient (Wildman–Crippen LogP) is 3.22. The van der Waals surface area contributed by atoms with Gasteiger partial charge in [-0.3, -0.25) is 4.90 Å². The monoisotopic (exact) mass is 462 g/mol. The maximum atomic E-state index is 11.8. The molecule has 1 saturated heterocycles. The number of morpholine rings is 1. The highest BCUT2D eigenvalue weighted by molar-refractivity contribution is 7.90. The van der Waals surface area contributed by atoms with Gasteiger partial charge in [0.25, 0.3) is 0 Å². The number of hydrogen-bond acceptors (Lipinski definition) is 6. The molecule has 1 fully saturated rings. The van der Waals surface area contributed by atoms with Crippen molar-refractivity contribution in [1.29, 1.82) is 0 Å². The fourth-order valence-electron chi connectivity index (χ4n) is 4.09. The second-order valence-corrected chi connectivity index (χ2v) is 10.4. The van der Waals surface area contributed by atoms with Gasteiger partial charge in [-0.25, -0.2) is 17.9 Å². The smallest absolute Gasteiger partial charge is 0.175 e. The van der Waals surface area contributed by atoms with Crippen LogP contribution in [0.5, 0.6) is 0 Å². The highest BCUT2D eigenvalue weighted by Crippen LogP contribution is 2.25. The number of rotatable bonds is 6. The molecule has 8 heteroatoms. The zero-order valence-electron chi connectivity index (χ0n) is 18.5. The number of sulfone groups is 1. The molecular formula is C25H26N4O3S. The summed E-state index contributed by atoms with van der Waals surface area (Å²) in [5, 5.41) is 4.65. The van der Waals surface area contributed by atoms with E-state index in [0.717, 1.165) is 61.0 Å². The number of pyridine rings is 1. The average molecular weight is 463 g/mol. The van der Waals surface area contributed by atoms with Crippen LogP contribution in [0.25, 0.3) is 16.8 Å². The molecule has 1 aliphatic heterocycles. The van der Waals surface area contributed by atoms with Crippen LogP contribution >= 0.6 is 0 Å². The van der Waals surface area contributed by atoms with Crippen LogP contribution in [0.15, 0.2) is 71.8 Å². The van der Waals surface area contributed by atoms with Gasteiger partial charge in [0.15, 0.2) is 21.3 Å². The van der Waals surface area contributed by atoms with Gasteiger partial charge in [0.2, 0.25) is 0 Å². The fraction of sp³-hybridized carbons (Fsp3) is 0.280. The van der Waals surface area contributed by atoms with Gasteiger partial charge in [0, 0.05) is 44.1 Å². The van der Waals surface area contributed by atoms with E-state index in [4.69, 9.17) is 9.72 Å². The third-order valence-corrected chi connectivity index (χ3v) is 7.02. The number of fused-ring (bicyclic) bond motifs is 1. The summed E-state index contributed by atoms with van der Waals surface area (Å²) in [5.74, 6) is 0.746. The maximum Gasteiger partial charge on any atom is 0.175 e. The molecule has 0 amide bonds. The summed E-state index contributed by atoms with van der Waals surface area (Å²) >= 11 is 0. The highest BCUT2D eigenvalue weighted by atomic mass is 32.2. The topological polar surface area (TPSA) is 76.8 Å². The lowest BCUT2D eigenvalue weighted by atomic mass is 10.1. The van der Waals surface area contributed by atoms with Gasteiger partial charge < -0.3 is 4.74 Å². The quantitative estimate of drug-likeness (QED) is 0.438. The van der Waals surface area contributed by atoms with Gasteiger partial charge >= 0.3 is 0 Å². The van der Waals surface area contributed by atoms with Gasteiger partial charge in [-0.1, -0.05) is 36.4 Å². The molecule has 5 rings (SSSR count). The average Bonchev–Trinajstić information content (AvgIpc) is 3.23. The largest absolute Gasteiger partial charge is 0.379 e. The van der Waals surface area contributed by atoms with Gasteiger partial charge in [-0.05, 0) is 41.0 Å². The first-order valence-corrected chi connectivity index (χ1v) is 12.9. The van der Waals surface area contributed by atoms with Crippen molar-refractivity contribution in [2.24, 2.45) is 0 Å². The van der Waals surface area contributed by atoms with Crippen molar-refractivity contribution in [2.75, 3.05) is 32.6 Å². The Hall–Kier alpha value is -3.07. The van der Waals surface area contributed by atoms with Crippen LogP contribution < -0.4 is 0 Å². The molecule has 2 aromatic carbocycles. The van der Waals surface area contributed by atoms with E-state index >= 15 is 0 Å². The lowest BCUT2D eigenvalue weighted by Gasteiger charge is -2.26. The van der Waals surface area contributed by atoms with E-state index in [0.29, 0.717) is 11.3 Å². The number of ether oxygens (including phenoxy) is 1. The zero-order chi connectivity index (χ0) is 22.8. The minimum absolute atomic E-state index is 0.303. The van der Waals surface area contributed by atoms with Crippen LogP contribution in [0.3, 0.4) is 0 Å². The molecule has 0 unspecified atom stereocenters. The Morgan fingerprint density at radius 3 is 2.33 bits per heavy atom. The van der Waals surface area contributed by atoms with E-state index in [-0.39, 0.29) is 0 Å². The molecule has 0 atom stereocenters. The van der Waals surface area contributed by atoms with Crippen molar-refractivity contribution in [3.63, 3.8) is 0 Å². The third-order valence-electron chi connectivity index (χ3n) is 5.89. The van der Waals surface area contributed by atoms with Crippen molar-refractivity contribution in [1.82, 2.24) is 19.5 Å². The lowest BCUT2D eigenvalue weighted by molar-refractivity contribution is 0.0342. The fourth-order valence-corrected chi connectivity index (χ4v) is 4.73. The lowest BCUT2D eigenvalue weighted by Crippen LogP contribution is -2.35. The van der Waals surface area contributed by atoms with Gasteiger partial charge in [-0.15, -0.1) is 0 Å². The Morgan fingerprint density at radius 1 is 0.939 bits per heavy atom. The normalized spacial score (nSPS) is 15.2. The van der Waals surface area contributed by atoms with E-state index in [1.807, 2.05) is 30.5 Å². The summed E-state index contributed by atoms with van der Waals surface area (Å²) in [6, 6.07) is 19.4. The predicted molar refractivity (Wildman–Crippen MR) is 127 cm³/mol. The molecule has 2 aromatic heterocycles. The van der Waals surface area contributed by atoms with Crippen LogP contribution in [-0.4, -0.2) is 60.5 Å². The molecule has 0 spiro atoms. The van der Waals surface area contributed by atoms with Crippen LogP contribution in [-0.2, 0) is 27.5 Å². The van der Waals surface area contributed by atoms with Gasteiger partial charge in [0.05, 0.1) is 18.1 Å². The van der Waals surface area contributed by atoms with Crippen LogP contribution in [0.1, 0.15) is 17.0 Å². The molecule has 33 heavy (non-hydrogen) atoms. The summed E-state index contributed by atoms with van der Waals surface area (Å²) in [5.41, 5.74) is 5.03. The Bertz CT molecular complexity index is 1360. The molecule has 1 aliphatic rings. The van der Waals surface area contributed by atoms with Gasteiger partial charge in [-0.2, -0.15) is 5.10 Å². The number of hydrogen-bond donors (Lipinski definition) is 0. The third kappa shape index (κ3) is 4.98. The Labute approximate surface area is 193 Å². The molecule has 0 N–H and O–H groups in total. The Morgan fingerprint density at radius 2 is 1.64 bits per heavy atom. The van der Waals surface area contributed by atoms with Crippen LogP contribution in [0, 0.1) is 0 Å². The SMILES string of the molecule is CS(=O)(=O)c1ccc(-c2cccn3nc(Cc4ccc(CN5CCOCC5)cc4)nc23)cc1. The first-order valence-electron chi connectivity index (χ1n) is 11.0. The van der Waals surface area contributed by atoms with E-state index in [9.17, 15) is 8.42 Å². The molecule has 3 heterocycles. The highest BCUT2D eigenvalue weighted by Gasteiger charge is 2.13. The molecule has 0 bridgehead atoms. The molecule has 4 aromatic rings. The number of aromatic nitrogens is 3. The molecular weight excluding hydrogens is 436 g/mol. The molecule has 7 nitrogen and oxygen atoms in total. The van der Waals surface area contributed by atoms with E-state index in [2.05, 4.69) is 34.3 Å². The minimum atomic E-state index is -3.23. The molecule has 0 saturated carbocycles. The summed E-state index contributed by atoms with van der Waals surface area (Å²) in [7, 11) is -3.23. The van der Waals surface area contributed by atoms with E-state index < -0.39 is 9.84 Å². The van der Waals surface area contributed by atoms with Gasteiger partial charge in [0.1, 0.15) is 0 Å². The first kappa shape index (κ1) is 21.8. The van der Waals surface area contributed by atoms with Crippen molar-refractivity contribution < 1.29 is 13.2 Å². The minimum Gasteiger partial charge on any atom is -0.379 e. The summed E-state index contributed by atoms with van der Waals surface area (Å²) < 4.78 is 30.7. The first-order chi connectivity index (χ1) is 16.0. The van der Waals surface area contributed by atoms with E-state index in [1.165, 1.54) is 11.8 Å². The summed E-state index contributed by atoms with van der Waals surface area (Å²) in [4.78, 5) is 7.50. The molecule has 0 aliphatic carbocycles. The maximum absolute atomic E-state index is 11.8. The Kier molecular flexibility index (Phi) is 5.97. The van der Waals surface area contributed by atoms with Crippen LogP contribution in [0.2, 0.25) is 0 Å². The summed E-state index contributed by atoms with van der Waals surface area (Å²) in [6.45, 7) is 4.51. The number of nitrogens with zero attached hydrogens (tertiary/aromatic N) is 4. The van der Waals surface area contributed by atoms with Crippen LogP contribution in [0.4, 0.5) is 0 Å². The number of benzene rings is 2. The Balaban J connectivity index is 1.35. The van der Waals surface area contributed by atoms with Crippen molar-refractivity contribution in [2.45, 2.75) is 17.9 Å². The van der Waals surface area contributed by atoms with Crippen molar-refractivity contribution >= 4 is 15.5 Å². The second-order valence-electron chi connectivity index (χ2n) is 8.40. The zero-order valence-corrected chi connectivity index (χ0v) is 19.3. The standard InChI is InChI=1S/C25H26N4O3S/c1-33(30,31)22-10-8-21(9-11-22)23-3-2-12-29-25(23)26-24(27-29)17-19-4-6-20(7-5-19)18-28-13-15-32-16-14-28/h2-12H,13-18H2,1H3. The summed E-state index contributed by atoms with van der Waals surface area (Å²) in [6.07, 6.45) is 3.74. The second kappa shape index (κ2) is 9.05. The molecule has 0 radical (unpaired) electrons. The van der Waals surface area contributed by atoms with E-state index in [1.54, 1.807) is 16.6 Å². The molecule has 170 valence electrons. The van der Waals surface area contributed by atoms with Crippen molar-refractivity contribution in [3.8, 4) is 11.1 Å².